The molecule has 3 N–H and O–H groups in total. The van der Waals surface area contributed by atoms with Crippen LogP contribution in [0.4, 0.5) is 11.4 Å². The monoisotopic (exact) mass is 726 g/mol. The smallest absolute Gasteiger partial charge is 0.306 e. The molecule has 7 rings (SSSR count). The number of rotatable bonds is 9. The molecule has 4 heterocycles. The van der Waals surface area contributed by atoms with Crippen molar-refractivity contribution in [3.63, 3.8) is 0 Å². The Hall–Kier alpha value is -4.52. The summed E-state index contributed by atoms with van der Waals surface area (Å²) in [6, 6.07) is 11.2. The lowest BCUT2D eigenvalue weighted by atomic mass is 9.80. The van der Waals surface area contributed by atoms with Gasteiger partial charge in [0.1, 0.15) is 0 Å². The van der Waals surface area contributed by atoms with Crippen molar-refractivity contribution in [2.45, 2.75) is 65.0 Å². The summed E-state index contributed by atoms with van der Waals surface area (Å²) in [5.41, 5.74) is 7.55. The molecule has 0 radical (unpaired) electrons. The topological polar surface area (TPSA) is 138 Å². The van der Waals surface area contributed by atoms with Gasteiger partial charge in [-0.1, -0.05) is 35.9 Å². The molecule has 0 unspecified atom stereocenters. The third-order valence-electron chi connectivity index (χ3n) is 11.4. The SMILES string of the molecule is Cc1c(NC(=O)c2nc3c(n2C)CCN(CC[C@H]2CC[C@H](C(=O)O)CC2)C3)cccc1-c1cccc(NC(=O)c2nc3c(n2C)CCN(C)C3)c1Cl. The van der Waals surface area contributed by atoms with E-state index in [2.05, 4.69) is 25.4 Å². The van der Waals surface area contributed by atoms with Crippen molar-refractivity contribution in [1.82, 2.24) is 28.9 Å². The van der Waals surface area contributed by atoms with Crippen LogP contribution >= 0.6 is 11.6 Å². The van der Waals surface area contributed by atoms with Crippen LogP contribution in [0.25, 0.3) is 11.1 Å². The zero-order valence-electron chi connectivity index (χ0n) is 30.3. The second-order valence-electron chi connectivity index (χ2n) is 14.7. The van der Waals surface area contributed by atoms with E-state index in [0.717, 1.165) is 104 Å². The van der Waals surface area contributed by atoms with Crippen LogP contribution in [-0.4, -0.2) is 78.5 Å². The van der Waals surface area contributed by atoms with E-state index in [4.69, 9.17) is 16.6 Å². The van der Waals surface area contributed by atoms with Crippen LogP contribution in [0.2, 0.25) is 5.02 Å². The molecule has 0 atom stereocenters. The number of carbonyl (C=O) groups excluding carboxylic acids is 2. The van der Waals surface area contributed by atoms with Crippen LogP contribution in [-0.2, 0) is 44.8 Å². The number of carboxylic acids is 1. The number of nitrogens with one attached hydrogen (secondary N) is 2. The number of anilines is 2. The summed E-state index contributed by atoms with van der Waals surface area (Å²) in [4.78, 5) is 52.5. The maximum Gasteiger partial charge on any atom is 0.306 e. The van der Waals surface area contributed by atoms with E-state index in [1.807, 2.05) is 67.5 Å². The van der Waals surface area contributed by atoms with Gasteiger partial charge in [-0.05, 0) is 81.8 Å². The number of hydrogen-bond donors (Lipinski definition) is 3. The van der Waals surface area contributed by atoms with Gasteiger partial charge in [-0.3, -0.25) is 19.3 Å². The highest BCUT2D eigenvalue weighted by Gasteiger charge is 2.29. The average molecular weight is 727 g/mol. The van der Waals surface area contributed by atoms with Crippen LogP contribution in [0.1, 0.15) is 81.7 Å². The molecule has 12 nitrogen and oxygen atoms in total. The Kier molecular flexibility index (Phi) is 10.2. The quantitative estimate of drug-likeness (QED) is 0.194. The molecule has 0 spiro atoms. The van der Waals surface area contributed by atoms with Gasteiger partial charge in [0.05, 0.1) is 28.0 Å². The molecule has 274 valence electrons. The van der Waals surface area contributed by atoms with Gasteiger partial charge in [0.15, 0.2) is 11.6 Å². The first kappa shape index (κ1) is 35.9. The highest BCUT2D eigenvalue weighted by atomic mass is 35.5. The lowest BCUT2D eigenvalue weighted by molar-refractivity contribution is -0.143. The van der Waals surface area contributed by atoms with E-state index < -0.39 is 5.97 Å². The summed E-state index contributed by atoms with van der Waals surface area (Å²) in [6.07, 6.45) is 6.21. The van der Waals surface area contributed by atoms with Crippen molar-refractivity contribution in [3.05, 3.63) is 81.4 Å². The Labute approximate surface area is 309 Å². The lowest BCUT2D eigenvalue weighted by Crippen LogP contribution is -2.33. The number of likely N-dealkylation sites (N-methyl/N-ethyl adjacent to an activating group) is 1. The molecule has 2 aliphatic heterocycles. The molecule has 0 bridgehead atoms. The van der Waals surface area contributed by atoms with Gasteiger partial charge in [0, 0.05) is 75.8 Å². The van der Waals surface area contributed by atoms with E-state index in [0.29, 0.717) is 47.1 Å². The summed E-state index contributed by atoms with van der Waals surface area (Å²) in [5.74, 6) is -0.169. The molecule has 2 aromatic heterocycles. The van der Waals surface area contributed by atoms with Gasteiger partial charge in [0.2, 0.25) is 0 Å². The molecular formula is C39H47ClN8O4. The van der Waals surface area contributed by atoms with Crippen molar-refractivity contribution >= 4 is 40.8 Å². The van der Waals surface area contributed by atoms with Crippen LogP contribution in [0.3, 0.4) is 0 Å². The minimum atomic E-state index is -0.662. The third-order valence-corrected chi connectivity index (χ3v) is 11.8. The average Bonchev–Trinajstić information content (AvgIpc) is 3.64. The first-order valence-electron chi connectivity index (χ1n) is 18.2. The summed E-state index contributed by atoms with van der Waals surface area (Å²) >= 11 is 6.96. The van der Waals surface area contributed by atoms with Gasteiger partial charge < -0.3 is 29.8 Å². The van der Waals surface area contributed by atoms with Crippen LogP contribution in [0.5, 0.6) is 0 Å². The number of aromatic nitrogens is 4. The third kappa shape index (κ3) is 7.11. The fourth-order valence-electron chi connectivity index (χ4n) is 8.16. The summed E-state index contributed by atoms with van der Waals surface area (Å²) < 4.78 is 3.78. The van der Waals surface area contributed by atoms with Crippen molar-refractivity contribution in [2.24, 2.45) is 25.9 Å². The van der Waals surface area contributed by atoms with E-state index >= 15 is 0 Å². The fourth-order valence-corrected chi connectivity index (χ4v) is 8.43. The first-order chi connectivity index (χ1) is 25.0. The second kappa shape index (κ2) is 14.8. The van der Waals surface area contributed by atoms with Gasteiger partial charge in [-0.25, -0.2) is 9.97 Å². The lowest BCUT2D eigenvalue weighted by Gasteiger charge is -2.30. The normalized spacial score (nSPS) is 19.2. The maximum absolute atomic E-state index is 13.7. The standard InChI is InChI=1S/C39H47ClN8O4/c1-23-26(27-8-6-10-29(34(27)40)44-38(50)36-41-30-21-45(2)18-16-32(30)46(36)3)7-5-9-28(23)43-37(49)35-42-31-22-48(20-17-33(31)47(35)4)19-15-24-11-13-25(14-12-24)39(51)52/h5-10,24-25H,11-22H2,1-4H3,(H,43,49)(H,44,50)(H,51,52)/t24-,25-. The van der Waals surface area contributed by atoms with Crippen LogP contribution in [0, 0.1) is 18.8 Å². The number of fused-ring (bicyclic) bond motifs is 2. The van der Waals surface area contributed by atoms with Gasteiger partial charge in [-0.15, -0.1) is 0 Å². The minimum Gasteiger partial charge on any atom is -0.481 e. The molecule has 52 heavy (non-hydrogen) atoms. The van der Waals surface area contributed by atoms with Crippen molar-refractivity contribution in [3.8, 4) is 11.1 Å². The molecule has 2 amide bonds. The van der Waals surface area contributed by atoms with Crippen molar-refractivity contribution in [2.75, 3.05) is 37.3 Å². The number of nitrogens with zero attached hydrogens (tertiary/aromatic N) is 6. The predicted octanol–water partition coefficient (Wildman–Crippen LogP) is 5.91. The number of imidazole rings is 2. The molecule has 1 fully saturated rings. The molecule has 13 heteroatoms. The van der Waals surface area contributed by atoms with E-state index in [9.17, 15) is 19.5 Å². The largest absolute Gasteiger partial charge is 0.481 e. The summed E-state index contributed by atoms with van der Waals surface area (Å²) in [7, 11) is 5.83. The Bertz CT molecular complexity index is 2030. The number of amides is 2. The Morgan fingerprint density at radius 2 is 1.38 bits per heavy atom. The van der Waals surface area contributed by atoms with Gasteiger partial charge in [-0.2, -0.15) is 0 Å². The van der Waals surface area contributed by atoms with E-state index in [1.54, 1.807) is 6.07 Å². The summed E-state index contributed by atoms with van der Waals surface area (Å²) in [5, 5.41) is 15.8. The number of carboxylic acid groups (broad SMARTS) is 1. The number of hydrogen-bond acceptors (Lipinski definition) is 7. The van der Waals surface area contributed by atoms with E-state index in [-0.39, 0.29) is 17.7 Å². The Morgan fingerprint density at radius 3 is 2.04 bits per heavy atom. The highest BCUT2D eigenvalue weighted by molar-refractivity contribution is 6.36. The maximum atomic E-state index is 13.7. The molecule has 1 aliphatic carbocycles. The minimum absolute atomic E-state index is 0.187. The zero-order chi connectivity index (χ0) is 36.7. The second-order valence-corrected chi connectivity index (χ2v) is 15.1. The van der Waals surface area contributed by atoms with Crippen molar-refractivity contribution in [1.29, 1.82) is 0 Å². The first-order valence-corrected chi connectivity index (χ1v) is 18.6. The number of benzene rings is 2. The molecule has 0 saturated heterocycles. The molecule has 4 aromatic rings. The van der Waals surface area contributed by atoms with Gasteiger partial charge in [0.25, 0.3) is 11.8 Å². The van der Waals surface area contributed by atoms with Gasteiger partial charge >= 0.3 is 5.97 Å². The fraction of sp³-hybridized carbons (Fsp3) is 0.462. The van der Waals surface area contributed by atoms with Crippen molar-refractivity contribution < 1.29 is 19.5 Å². The molecule has 2 aromatic carbocycles. The van der Waals surface area contributed by atoms with Crippen LogP contribution in [0.15, 0.2) is 36.4 Å². The van der Waals surface area contributed by atoms with Crippen LogP contribution < -0.4 is 10.6 Å². The summed E-state index contributed by atoms with van der Waals surface area (Å²) in [6.45, 7) is 6.12. The Balaban J connectivity index is 1.02. The zero-order valence-corrected chi connectivity index (χ0v) is 31.1. The predicted molar refractivity (Wildman–Crippen MR) is 201 cm³/mol. The highest BCUT2D eigenvalue weighted by Crippen LogP contribution is 2.38. The number of carbonyl (C=O) groups is 3. The molecular weight excluding hydrogens is 680 g/mol. The molecule has 1 saturated carbocycles. The number of aliphatic carboxylic acids is 1. The number of halogens is 1. The van der Waals surface area contributed by atoms with E-state index in [1.165, 1.54) is 0 Å². The Morgan fingerprint density at radius 1 is 0.808 bits per heavy atom. The molecule has 3 aliphatic rings.